The minimum atomic E-state index is -0.351. The second-order valence-electron chi connectivity index (χ2n) is 6.67. The Morgan fingerprint density at radius 3 is 2.48 bits per heavy atom. The van der Waals surface area contributed by atoms with Gasteiger partial charge in [0.1, 0.15) is 0 Å². The van der Waals surface area contributed by atoms with E-state index >= 15 is 0 Å². The molecule has 0 aromatic heterocycles. The predicted octanol–water partition coefficient (Wildman–Crippen LogP) is 5.37. The second kappa shape index (κ2) is 9.76. The molecule has 2 aromatic carbocycles. The third-order valence-corrected chi connectivity index (χ3v) is 4.64. The van der Waals surface area contributed by atoms with Crippen LogP contribution in [0.2, 0.25) is 5.02 Å². The van der Waals surface area contributed by atoms with Crippen LogP contribution in [0.5, 0.6) is 0 Å². The molecule has 1 atom stereocenters. The zero-order valence-corrected chi connectivity index (χ0v) is 17.8. The van der Waals surface area contributed by atoms with Gasteiger partial charge in [0.15, 0.2) is 0 Å². The fraction of sp³-hybridized carbons (Fsp3) is 0.300. The summed E-state index contributed by atoms with van der Waals surface area (Å²) < 4.78 is 0.951. The Labute approximate surface area is 173 Å². The molecule has 0 heterocycles. The fourth-order valence-corrected chi connectivity index (χ4v) is 3.08. The average molecular weight is 453 g/mol. The molecular formula is C20H23BrClN3O2. The lowest BCUT2D eigenvalue weighted by atomic mass is 10.1. The van der Waals surface area contributed by atoms with E-state index in [1.165, 1.54) is 0 Å². The number of urea groups is 1. The standard InChI is InChI=1S/C20H23BrClN3O2/c1-12(2)11-23-19(26)17-8-7-16(10-18(17)22)25-20(27)24-13(3)14-5-4-6-15(21)9-14/h4-10,12-13H,11H2,1-3H3,(H,23,26)(H2,24,25,27). The zero-order chi connectivity index (χ0) is 20.0. The van der Waals surface area contributed by atoms with E-state index < -0.39 is 0 Å². The molecule has 0 aliphatic carbocycles. The molecule has 0 fully saturated rings. The molecule has 0 bridgehead atoms. The number of halogens is 2. The van der Waals surface area contributed by atoms with Gasteiger partial charge in [-0.2, -0.15) is 0 Å². The van der Waals surface area contributed by atoms with Crippen molar-refractivity contribution >= 4 is 45.2 Å². The maximum absolute atomic E-state index is 12.2. The summed E-state index contributed by atoms with van der Waals surface area (Å²) in [5.41, 5.74) is 1.87. The van der Waals surface area contributed by atoms with Gasteiger partial charge in [-0.3, -0.25) is 4.79 Å². The van der Waals surface area contributed by atoms with E-state index in [9.17, 15) is 9.59 Å². The van der Waals surface area contributed by atoms with Crippen molar-refractivity contribution in [1.82, 2.24) is 10.6 Å². The molecular weight excluding hydrogens is 430 g/mol. The molecule has 144 valence electrons. The molecule has 27 heavy (non-hydrogen) atoms. The summed E-state index contributed by atoms with van der Waals surface area (Å²) in [7, 11) is 0. The van der Waals surface area contributed by atoms with Crippen molar-refractivity contribution in [2.45, 2.75) is 26.8 Å². The smallest absolute Gasteiger partial charge is 0.319 e. The molecule has 2 aromatic rings. The Bertz CT molecular complexity index is 827. The Hall–Kier alpha value is -2.05. The Kier molecular flexibility index (Phi) is 7.68. The molecule has 3 N–H and O–H groups in total. The number of carbonyl (C=O) groups is 2. The first kappa shape index (κ1) is 21.3. The first-order valence-electron chi connectivity index (χ1n) is 8.67. The van der Waals surface area contributed by atoms with Crippen LogP contribution in [0, 0.1) is 5.92 Å². The van der Waals surface area contributed by atoms with E-state index in [0.717, 1.165) is 10.0 Å². The van der Waals surface area contributed by atoms with Crippen molar-refractivity contribution in [3.05, 3.63) is 63.1 Å². The number of hydrogen-bond donors (Lipinski definition) is 3. The lowest BCUT2D eigenvalue weighted by molar-refractivity contribution is 0.0949. The van der Waals surface area contributed by atoms with E-state index in [4.69, 9.17) is 11.6 Å². The van der Waals surface area contributed by atoms with Crippen LogP contribution in [-0.2, 0) is 0 Å². The van der Waals surface area contributed by atoms with E-state index in [1.54, 1.807) is 18.2 Å². The first-order valence-corrected chi connectivity index (χ1v) is 9.84. The van der Waals surface area contributed by atoms with Gasteiger partial charge >= 0.3 is 6.03 Å². The largest absolute Gasteiger partial charge is 0.352 e. The van der Waals surface area contributed by atoms with E-state index in [-0.39, 0.29) is 23.0 Å². The fourth-order valence-electron chi connectivity index (χ4n) is 2.39. The summed E-state index contributed by atoms with van der Waals surface area (Å²) in [5, 5.41) is 8.71. The predicted molar refractivity (Wildman–Crippen MR) is 113 cm³/mol. The van der Waals surface area contributed by atoms with Gasteiger partial charge in [-0.05, 0) is 48.7 Å². The van der Waals surface area contributed by atoms with Crippen LogP contribution >= 0.6 is 27.5 Å². The number of amides is 3. The Morgan fingerprint density at radius 2 is 1.85 bits per heavy atom. The molecule has 7 heteroatoms. The van der Waals surface area contributed by atoms with Crippen molar-refractivity contribution in [1.29, 1.82) is 0 Å². The lowest BCUT2D eigenvalue weighted by Crippen LogP contribution is -2.31. The van der Waals surface area contributed by atoms with Crippen LogP contribution in [0.15, 0.2) is 46.9 Å². The average Bonchev–Trinajstić information content (AvgIpc) is 2.59. The van der Waals surface area contributed by atoms with E-state index in [1.807, 2.05) is 45.0 Å². The molecule has 5 nitrogen and oxygen atoms in total. The van der Waals surface area contributed by atoms with Crippen LogP contribution in [-0.4, -0.2) is 18.5 Å². The highest BCUT2D eigenvalue weighted by molar-refractivity contribution is 9.10. The number of hydrogen-bond acceptors (Lipinski definition) is 2. The highest BCUT2D eigenvalue weighted by Gasteiger charge is 2.13. The van der Waals surface area contributed by atoms with Crippen molar-refractivity contribution < 1.29 is 9.59 Å². The molecule has 3 amide bonds. The topological polar surface area (TPSA) is 70.2 Å². The first-order chi connectivity index (χ1) is 12.8. The van der Waals surface area contributed by atoms with Crippen molar-refractivity contribution in [2.24, 2.45) is 5.92 Å². The molecule has 0 spiro atoms. The van der Waals surface area contributed by atoms with Gasteiger partial charge in [0.05, 0.1) is 16.6 Å². The van der Waals surface area contributed by atoms with E-state index in [2.05, 4.69) is 31.9 Å². The number of rotatable bonds is 6. The summed E-state index contributed by atoms with van der Waals surface area (Å²) >= 11 is 9.62. The number of nitrogens with one attached hydrogen (secondary N) is 3. The van der Waals surface area contributed by atoms with Gasteiger partial charge in [-0.1, -0.05) is 53.5 Å². The SMILES string of the molecule is CC(C)CNC(=O)c1ccc(NC(=O)NC(C)c2cccc(Br)c2)cc1Cl. The van der Waals surface area contributed by atoms with E-state index in [0.29, 0.717) is 23.7 Å². The lowest BCUT2D eigenvalue weighted by Gasteiger charge is -2.16. The highest BCUT2D eigenvalue weighted by atomic mass is 79.9. The summed E-state index contributed by atoms with van der Waals surface area (Å²) in [6.07, 6.45) is 0. The van der Waals surface area contributed by atoms with Crippen LogP contribution in [0.3, 0.4) is 0 Å². The molecule has 0 saturated heterocycles. The summed E-state index contributed by atoms with van der Waals surface area (Å²) in [6, 6.07) is 12.0. The molecule has 0 radical (unpaired) electrons. The molecule has 2 rings (SSSR count). The second-order valence-corrected chi connectivity index (χ2v) is 8.00. The Morgan fingerprint density at radius 1 is 1.11 bits per heavy atom. The number of anilines is 1. The Balaban J connectivity index is 1.97. The van der Waals surface area contributed by atoms with Crippen molar-refractivity contribution in [3.63, 3.8) is 0 Å². The van der Waals surface area contributed by atoms with Gasteiger partial charge < -0.3 is 16.0 Å². The maximum atomic E-state index is 12.2. The van der Waals surface area contributed by atoms with Gasteiger partial charge in [0, 0.05) is 16.7 Å². The number of benzene rings is 2. The minimum Gasteiger partial charge on any atom is -0.352 e. The van der Waals surface area contributed by atoms with Gasteiger partial charge in [0.25, 0.3) is 5.91 Å². The summed E-state index contributed by atoms with van der Waals surface area (Å²) in [5.74, 6) is 0.123. The molecule has 0 aliphatic rings. The molecule has 0 aliphatic heterocycles. The number of carbonyl (C=O) groups excluding carboxylic acids is 2. The highest BCUT2D eigenvalue weighted by Crippen LogP contribution is 2.22. The van der Waals surface area contributed by atoms with Crippen LogP contribution in [0.4, 0.5) is 10.5 Å². The quantitative estimate of drug-likeness (QED) is 0.551. The summed E-state index contributed by atoms with van der Waals surface area (Å²) in [4.78, 5) is 24.4. The van der Waals surface area contributed by atoms with Crippen molar-refractivity contribution in [2.75, 3.05) is 11.9 Å². The third kappa shape index (κ3) is 6.56. The zero-order valence-electron chi connectivity index (χ0n) is 15.5. The maximum Gasteiger partial charge on any atom is 0.319 e. The van der Waals surface area contributed by atoms with Gasteiger partial charge in [0.2, 0.25) is 0 Å². The summed E-state index contributed by atoms with van der Waals surface area (Å²) in [6.45, 7) is 6.51. The monoisotopic (exact) mass is 451 g/mol. The van der Waals surface area contributed by atoms with Gasteiger partial charge in [-0.25, -0.2) is 4.79 Å². The van der Waals surface area contributed by atoms with Crippen molar-refractivity contribution in [3.8, 4) is 0 Å². The molecule has 0 saturated carbocycles. The normalized spacial score (nSPS) is 11.8. The third-order valence-electron chi connectivity index (χ3n) is 3.84. The van der Waals surface area contributed by atoms with Crippen LogP contribution in [0.1, 0.15) is 42.7 Å². The van der Waals surface area contributed by atoms with Crippen LogP contribution < -0.4 is 16.0 Å². The minimum absolute atomic E-state index is 0.168. The molecule has 1 unspecified atom stereocenters. The van der Waals surface area contributed by atoms with Gasteiger partial charge in [-0.15, -0.1) is 0 Å². The van der Waals surface area contributed by atoms with Crippen LogP contribution in [0.25, 0.3) is 0 Å².